The molecule has 0 spiro atoms. The van der Waals surface area contributed by atoms with Crippen molar-refractivity contribution >= 4 is 15.9 Å². The normalized spacial score (nSPS) is 22.9. The molecule has 1 fully saturated rings. The zero-order valence-corrected chi connectivity index (χ0v) is 12.6. The molecule has 0 saturated carbocycles. The summed E-state index contributed by atoms with van der Waals surface area (Å²) in [6.07, 6.45) is 0.300. The van der Waals surface area contributed by atoms with Crippen LogP contribution < -0.4 is 5.32 Å². The second-order valence-corrected chi connectivity index (χ2v) is 5.76. The number of likely N-dealkylation sites (N-methyl/N-ethyl adjacent to an activating group) is 1. The minimum Gasteiger partial charge on any atom is -0.374 e. The Bertz CT molecular complexity index is 386. The van der Waals surface area contributed by atoms with Crippen LogP contribution in [0.15, 0.2) is 28.7 Å². The largest absolute Gasteiger partial charge is 0.374 e. The third kappa shape index (κ3) is 3.79. The van der Waals surface area contributed by atoms with Crippen LogP contribution in [0.4, 0.5) is 0 Å². The first-order chi connectivity index (χ1) is 8.66. The van der Waals surface area contributed by atoms with E-state index in [4.69, 9.17) is 4.74 Å². The Morgan fingerprint density at radius 1 is 1.50 bits per heavy atom. The van der Waals surface area contributed by atoms with E-state index in [1.807, 2.05) is 6.07 Å². The van der Waals surface area contributed by atoms with Crippen LogP contribution in [-0.4, -0.2) is 44.3 Å². The summed E-state index contributed by atoms with van der Waals surface area (Å²) < 4.78 is 6.91. The maximum absolute atomic E-state index is 5.75. The molecule has 0 aliphatic carbocycles. The van der Waals surface area contributed by atoms with Gasteiger partial charge in [-0.2, -0.15) is 0 Å². The van der Waals surface area contributed by atoms with Gasteiger partial charge in [-0.1, -0.05) is 34.1 Å². The van der Waals surface area contributed by atoms with Crippen LogP contribution in [-0.2, 0) is 4.74 Å². The number of nitrogens with zero attached hydrogens (tertiary/aromatic N) is 1. The lowest BCUT2D eigenvalue weighted by Gasteiger charge is -2.31. The number of ether oxygens (including phenoxy) is 1. The third-order valence-corrected chi connectivity index (χ3v) is 4.09. The van der Waals surface area contributed by atoms with Gasteiger partial charge in [0.15, 0.2) is 0 Å². The first-order valence-electron chi connectivity index (χ1n) is 6.45. The summed E-state index contributed by atoms with van der Waals surface area (Å²) in [6.45, 7) is 5.97. The van der Waals surface area contributed by atoms with Gasteiger partial charge in [-0.15, -0.1) is 0 Å². The van der Waals surface area contributed by atoms with Crippen molar-refractivity contribution in [3.63, 3.8) is 0 Å². The third-order valence-electron chi connectivity index (χ3n) is 3.37. The van der Waals surface area contributed by atoms with E-state index in [2.05, 4.69) is 58.3 Å². The van der Waals surface area contributed by atoms with Crippen molar-refractivity contribution in [1.29, 1.82) is 0 Å². The lowest BCUT2D eigenvalue weighted by molar-refractivity contribution is -0.0191. The molecule has 0 amide bonds. The van der Waals surface area contributed by atoms with Crippen LogP contribution in [0.1, 0.15) is 18.5 Å². The number of halogens is 1. The van der Waals surface area contributed by atoms with Gasteiger partial charge < -0.3 is 15.0 Å². The molecule has 100 valence electrons. The average Bonchev–Trinajstić information content (AvgIpc) is 2.37. The van der Waals surface area contributed by atoms with E-state index in [0.29, 0.717) is 12.1 Å². The van der Waals surface area contributed by atoms with Crippen LogP contribution in [0.3, 0.4) is 0 Å². The van der Waals surface area contributed by atoms with Crippen molar-refractivity contribution in [2.75, 3.05) is 33.3 Å². The first kappa shape index (κ1) is 14.0. The van der Waals surface area contributed by atoms with Gasteiger partial charge in [-0.25, -0.2) is 0 Å². The average molecular weight is 313 g/mol. The number of rotatable bonds is 4. The van der Waals surface area contributed by atoms with E-state index in [1.165, 1.54) is 5.56 Å². The van der Waals surface area contributed by atoms with Crippen molar-refractivity contribution in [3.8, 4) is 0 Å². The highest BCUT2D eigenvalue weighted by Gasteiger charge is 2.18. The fraction of sp³-hybridized carbons (Fsp3) is 0.571. The summed E-state index contributed by atoms with van der Waals surface area (Å²) in [5, 5.41) is 3.55. The van der Waals surface area contributed by atoms with Gasteiger partial charge in [0, 0.05) is 30.1 Å². The Balaban J connectivity index is 1.84. The fourth-order valence-corrected chi connectivity index (χ4v) is 2.86. The number of nitrogens with one attached hydrogen (secondary N) is 1. The number of hydrogen-bond donors (Lipinski definition) is 1. The smallest absolute Gasteiger partial charge is 0.0826 e. The molecule has 1 aliphatic rings. The molecule has 4 heteroatoms. The van der Waals surface area contributed by atoms with Gasteiger partial charge in [0.25, 0.3) is 0 Å². The molecule has 0 bridgehead atoms. The maximum Gasteiger partial charge on any atom is 0.0826 e. The van der Waals surface area contributed by atoms with E-state index < -0.39 is 0 Å². The predicted molar refractivity (Wildman–Crippen MR) is 77.8 cm³/mol. The maximum atomic E-state index is 5.75. The minimum atomic E-state index is 0.300. The molecule has 1 saturated heterocycles. The molecule has 1 aromatic carbocycles. The van der Waals surface area contributed by atoms with Crippen LogP contribution in [0.5, 0.6) is 0 Å². The van der Waals surface area contributed by atoms with Gasteiger partial charge in [-0.05, 0) is 25.6 Å². The second-order valence-electron chi connectivity index (χ2n) is 4.91. The molecule has 2 atom stereocenters. The van der Waals surface area contributed by atoms with E-state index in [1.54, 1.807) is 0 Å². The van der Waals surface area contributed by atoms with Gasteiger partial charge in [-0.3, -0.25) is 0 Å². The molecule has 2 rings (SSSR count). The molecule has 1 aromatic rings. The van der Waals surface area contributed by atoms with Crippen LogP contribution in [0.2, 0.25) is 0 Å². The Labute approximate surface area is 118 Å². The SMILES string of the molecule is C[C@H](NC[C@@H]1CN(C)CCO1)c1ccccc1Br. The monoisotopic (exact) mass is 312 g/mol. The van der Waals surface area contributed by atoms with Crippen molar-refractivity contribution in [3.05, 3.63) is 34.3 Å². The fourth-order valence-electron chi connectivity index (χ4n) is 2.23. The summed E-state index contributed by atoms with van der Waals surface area (Å²) in [4.78, 5) is 2.32. The topological polar surface area (TPSA) is 24.5 Å². The summed E-state index contributed by atoms with van der Waals surface area (Å²) in [6, 6.07) is 8.67. The minimum absolute atomic E-state index is 0.300. The summed E-state index contributed by atoms with van der Waals surface area (Å²) >= 11 is 3.59. The van der Waals surface area contributed by atoms with Crippen LogP contribution in [0, 0.1) is 0 Å². The first-order valence-corrected chi connectivity index (χ1v) is 7.24. The zero-order chi connectivity index (χ0) is 13.0. The molecule has 18 heavy (non-hydrogen) atoms. The zero-order valence-electron chi connectivity index (χ0n) is 11.0. The van der Waals surface area contributed by atoms with E-state index in [-0.39, 0.29) is 0 Å². The highest BCUT2D eigenvalue weighted by Crippen LogP contribution is 2.22. The molecule has 0 radical (unpaired) electrons. The van der Waals surface area contributed by atoms with Crippen molar-refractivity contribution in [2.24, 2.45) is 0 Å². The molecule has 1 N–H and O–H groups in total. The lowest BCUT2D eigenvalue weighted by Crippen LogP contribution is -2.45. The summed E-state index contributed by atoms with van der Waals surface area (Å²) in [5.74, 6) is 0. The summed E-state index contributed by atoms with van der Waals surface area (Å²) in [5.41, 5.74) is 1.29. The van der Waals surface area contributed by atoms with Gasteiger partial charge >= 0.3 is 0 Å². The molecule has 0 aromatic heterocycles. The van der Waals surface area contributed by atoms with E-state index in [9.17, 15) is 0 Å². The van der Waals surface area contributed by atoms with Crippen LogP contribution >= 0.6 is 15.9 Å². The molecule has 3 nitrogen and oxygen atoms in total. The highest BCUT2D eigenvalue weighted by atomic mass is 79.9. The Kier molecular flexibility index (Phi) is 5.18. The van der Waals surface area contributed by atoms with Crippen molar-refractivity contribution in [1.82, 2.24) is 10.2 Å². The Hall–Kier alpha value is -0.420. The molecular formula is C14H21BrN2O. The highest BCUT2D eigenvalue weighted by molar-refractivity contribution is 9.10. The van der Waals surface area contributed by atoms with Crippen molar-refractivity contribution < 1.29 is 4.74 Å². The lowest BCUT2D eigenvalue weighted by atomic mass is 10.1. The number of benzene rings is 1. The molecule has 1 heterocycles. The van der Waals surface area contributed by atoms with Gasteiger partial charge in [0.05, 0.1) is 12.7 Å². The molecule has 0 unspecified atom stereocenters. The predicted octanol–water partition coefficient (Wildman–Crippen LogP) is 2.43. The second kappa shape index (κ2) is 6.66. The quantitative estimate of drug-likeness (QED) is 0.924. The van der Waals surface area contributed by atoms with Gasteiger partial charge in [0.1, 0.15) is 0 Å². The Morgan fingerprint density at radius 2 is 2.28 bits per heavy atom. The summed E-state index contributed by atoms with van der Waals surface area (Å²) in [7, 11) is 2.15. The van der Waals surface area contributed by atoms with Crippen LogP contribution in [0.25, 0.3) is 0 Å². The van der Waals surface area contributed by atoms with Crippen molar-refractivity contribution in [2.45, 2.75) is 19.1 Å². The standard InChI is InChI=1S/C14H21BrN2O/c1-11(13-5-3-4-6-14(13)15)16-9-12-10-17(2)7-8-18-12/h3-6,11-12,16H,7-10H2,1-2H3/t11-,12+/m0/s1. The van der Waals surface area contributed by atoms with Gasteiger partial charge in [0.2, 0.25) is 0 Å². The van der Waals surface area contributed by atoms with E-state index >= 15 is 0 Å². The molecule has 1 aliphatic heterocycles. The number of hydrogen-bond acceptors (Lipinski definition) is 3. The number of morpholine rings is 1. The Morgan fingerprint density at radius 3 is 3.00 bits per heavy atom. The molecular weight excluding hydrogens is 292 g/mol. The van der Waals surface area contributed by atoms with E-state index in [0.717, 1.165) is 30.7 Å².